The van der Waals surface area contributed by atoms with Gasteiger partial charge in [-0.2, -0.15) is 0 Å². The summed E-state index contributed by atoms with van der Waals surface area (Å²) in [4.78, 5) is 21.1. The molecule has 2 aromatic carbocycles. The molecule has 2 N–H and O–H groups in total. The fourth-order valence-corrected chi connectivity index (χ4v) is 3.41. The van der Waals surface area contributed by atoms with Crippen LogP contribution in [0.15, 0.2) is 79.0 Å². The maximum atomic E-state index is 12.1. The van der Waals surface area contributed by atoms with Crippen LogP contribution in [0.4, 0.5) is 17.3 Å². The molecule has 0 spiro atoms. The Morgan fingerprint density at radius 2 is 1.85 bits per heavy atom. The number of allylic oxidation sites excluding steroid dienone is 1. The minimum Gasteiger partial charge on any atom is -0.373 e. The first-order valence-corrected chi connectivity index (χ1v) is 10.8. The molecule has 0 aliphatic carbocycles. The second-order valence-electron chi connectivity index (χ2n) is 7.50. The van der Waals surface area contributed by atoms with E-state index < -0.39 is 0 Å². The molecular formula is C26H26N4O3. The van der Waals surface area contributed by atoms with Gasteiger partial charge in [0.1, 0.15) is 0 Å². The SMILES string of the molecule is C/C=C/C(=O)Nc1cc2cc(c1)Nc1nccc(n1)-c1cccc(c1)COC/C=C/COC2. The zero-order valence-electron chi connectivity index (χ0n) is 18.5. The van der Waals surface area contributed by atoms with Crippen LogP contribution in [0.5, 0.6) is 0 Å². The first kappa shape index (κ1) is 22.4. The van der Waals surface area contributed by atoms with Gasteiger partial charge in [0.2, 0.25) is 11.9 Å². The predicted octanol–water partition coefficient (Wildman–Crippen LogP) is 5.00. The van der Waals surface area contributed by atoms with E-state index in [1.165, 1.54) is 6.08 Å². The molecule has 7 heteroatoms. The van der Waals surface area contributed by atoms with Crippen molar-refractivity contribution in [1.82, 2.24) is 9.97 Å². The molecule has 168 valence electrons. The Bertz CT molecular complexity index is 1170. The lowest BCUT2D eigenvalue weighted by molar-refractivity contribution is -0.111. The molecule has 0 radical (unpaired) electrons. The van der Waals surface area contributed by atoms with E-state index in [1.54, 1.807) is 19.2 Å². The Morgan fingerprint density at radius 1 is 1.03 bits per heavy atom. The average molecular weight is 443 g/mol. The van der Waals surface area contributed by atoms with Crippen molar-refractivity contribution >= 4 is 23.2 Å². The van der Waals surface area contributed by atoms with Crippen molar-refractivity contribution < 1.29 is 14.3 Å². The Morgan fingerprint density at radius 3 is 2.67 bits per heavy atom. The summed E-state index contributed by atoms with van der Waals surface area (Å²) in [6, 6.07) is 15.7. The summed E-state index contributed by atoms with van der Waals surface area (Å²) >= 11 is 0. The third-order valence-corrected chi connectivity index (χ3v) is 4.85. The van der Waals surface area contributed by atoms with Crippen molar-refractivity contribution in [2.75, 3.05) is 23.8 Å². The second kappa shape index (κ2) is 11.2. The highest BCUT2D eigenvalue weighted by atomic mass is 16.5. The summed E-state index contributed by atoms with van der Waals surface area (Å²) in [6.07, 6.45) is 8.78. The maximum Gasteiger partial charge on any atom is 0.248 e. The molecule has 1 aliphatic heterocycles. The fourth-order valence-electron chi connectivity index (χ4n) is 3.41. The van der Waals surface area contributed by atoms with Gasteiger partial charge in [-0.3, -0.25) is 4.79 Å². The van der Waals surface area contributed by atoms with E-state index >= 15 is 0 Å². The molecular weight excluding hydrogens is 416 g/mol. The zero-order chi connectivity index (χ0) is 22.9. The molecule has 1 aromatic heterocycles. The molecule has 0 saturated heterocycles. The molecule has 6 bridgehead atoms. The van der Waals surface area contributed by atoms with Crippen LogP contribution in [0, 0.1) is 0 Å². The van der Waals surface area contributed by atoms with Gasteiger partial charge in [0.15, 0.2) is 0 Å². The van der Waals surface area contributed by atoms with Crippen LogP contribution < -0.4 is 10.6 Å². The normalized spacial score (nSPS) is 15.2. The lowest BCUT2D eigenvalue weighted by Crippen LogP contribution is -2.09. The summed E-state index contributed by atoms with van der Waals surface area (Å²) < 4.78 is 11.5. The predicted molar refractivity (Wildman–Crippen MR) is 129 cm³/mol. The molecule has 0 saturated carbocycles. The number of benzene rings is 2. The number of aromatic nitrogens is 2. The number of amides is 1. The van der Waals surface area contributed by atoms with Crippen molar-refractivity contribution in [1.29, 1.82) is 0 Å². The topological polar surface area (TPSA) is 85.4 Å². The molecule has 7 nitrogen and oxygen atoms in total. The van der Waals surface area contributed by atoms with E-state index in [0.29, 0.717) is 38.1 Å². The van der Waals surface area contributed by atoms with Gasteiger partial charge in [0.05, 0.1) is 32.1 Å². The fraction of sp³-hybridized carbons (Fsp3) is 0.192. The molecule has 1 amide bonds. The van der Waals surface area contributed by atoms with Gasteiger partial charge >= 0.3 is 0 Å². The van der Waals surface area contributed by atoms with E-state index in [9.17, 15) is 4.79 Å². The van der Waals surface area contributed by atoms with Gasteiger partial charge in [-0.15, -0.1) is 0 Å². The van der Waals surface area contributed by atoms with Crippen LogP contribution in [0.3, 0.4) is 0 Å². The van der Waals surface area contributed by atoms with Gasteiger partial charge in [-0.1, -0.05) is 36.4 Å². The summed E-state index contributed by atoms with van der Waals surface area (Å²) in [5.41, 5.74) is 5.17. The lowest BCUT2D eigenvalue weighted by atomic mass is 10.1. The smallest absolute Gasteiger partial charge is 0.248 e. The molecule has 0 unspecified atom stereocenters. The van der Waals surface area contributed by atoms with Crippen LogP contribution in [0.25, 0.3) is 11.3 Å². The number of carbonyl (C=O) groups is 1. The van der Waals surface area contributed by atoms with Gasteiger partial charge in [0, 0.05) is 23.1 Å². The number of carbonyl (C=O) groups excluding carboxylic acids is 1. The van der Waals surface area contributed by atoms with E-state index in [4.69, 9.17) is 9.47 Å². The number of nitrogens with one attached hydrogen (secondary N) is 2. The van der Waals surface area contributed by atoms with Crippen molar-refractivity contribution in [2.24, 2.45) is 0 Å². The summed E-state index contributed by atoms with van der Waals surface area (Å²) in [5, 5.41) is 6.13. The molecule has 0 atom stereocenters. The maximum absolute atomic E-state index is 12.1. The highest BCUT2D eigenvalue weighted by Gasteiger charge is 2.08. The molecule has 1 aliphatic rings. The third-order valence-electron chi connectivity index (χ3n) is 4.85. The number of anilines is 3. The molecule has 33 heavy (non-hydrogen) atoms. The summed E-state index contributed by atoms with van der Waals surface area (Å²) in [5.74, 6) is 0.263. The van der Waals surface area contributed by atoms with Crippen molar-refractivity contribution in [3.8, 4) is 11.3 Å². The number of rotatable bonds is 2. The van der Waals surface area contributed by atoms with E-state index in [2.05, 4.69) is 26.7 Å². The highest BCUT2D eigenvalue weighted by Crippen LogP contribution is 2.24. The van der Waals surface area contributed by atoms with Crippen LogP contribution in [0.1, 0.15) is 18.1 Å². The second-order valence-corrected chi connectivity index (χ2v) is 7.50. The minimum absolute atomic E-state index is 0.197. The molecule has 4 rings (SSSR count). The summed E-state index contributed by atoms with van der Waals surface area (Å²) in [7, 11) is 0. The standard InChI is InChI=1S/C26H26N4O3/c1-2-6-25(31)28-22-14-20-15-23(16-22)29-26-27-10-9-24(30-26)21-8-5-7-19(13-21)17-32-11-3-4-12-33-18-20/h2-10,13-16H,11-12,17-18H2,1H3,(H,28,31)(H,27,29,30)/b4-3+,6-2+. The van der Waals surface area contributed by atoms with E-state index in [1.807, 2.05) is 54.6 Å². The van der Waals surface area contributed by atoms with Crippen molar-refractivity contribution in [2.45, 2.75) is 20.1 Å². The summed E-state index contributed by atoms with van der Waals surface area (Å²) in [6.45, 7) is 3.67. The van der Waals surface area contributed by atoms with Gasteiger partial charge in [0.25, 0.3) is 0 Å². The van der Waals surface area contributed by atoms with Crippen LogP contribution in [0.2, 0.25) is 0 Å². The van der Waals surface area contributed by atoms with Crippen LogP contribution >= 0.6 is 0 Å². The third kappa shape index (κ3) is 6.58. The largest absolute Gasteiger partial charge is 0.373 e. The highest BCUT2D eigenvalue weighted by molar-refractivity contribution is 5.99. The molecule has 0 fully saturated rings. The average Bonchev–Trinajstić information content (AvgIpc) is 2.81. The number of hydrogen-bond donors (Lipinski definition) is 2. The van der Waals surface area contributed by atoms with Crippen LogP contribution in [-0.4, -0.2) is 29.1 Å². The van der Waals surface area contributed by atoms with Gasteiger partial charge in [-0.05, 0) is 54.5 Å². The Hall–Kier alpha value is -3.81. The lowest BCUT2D eigenvalue weighted by Gasteiger charge is -2.12. The number of hydrogen-bond acceptors (Lipinski definition) is 6. The van der Waals surface area contributed by atoms with Gasteiger partial charge in [-0.25, -0.2) is 9.97 Å². The monoisotopic (exact) mass is 442 g/mol. The molecule has 3 aromatic rings. The number of nitrogens with zero attached hydrogens (tertiary/aromatic N) is 2. The van der Waals surface area contributed by atoms with E-state index in [-0.39, 0.29) is 5.91 Å². The Kier molecular flexibility index (Phi) is 7.58. The number of ether oxygens (including phenoxy) is 2. The first-order valence-electron chi connectivity index (χ1n) is 10.8. The van der Waals surface area contributed by atoms with Crippen molar-refractivity contribution in [3.05, 3.63) is 90.2 Å². The Labute approximate surface area is 193 Å². The zero-order valence-corrected chi connectivity index (χ0v) is 18.5. The Balaban J connectivity index is 1.68. The van der Waals surface area contributed by atoms with Crippen molar-refractivity contribution in [3.63, 3.8) is 0 Å². The molecule has 2 heterocycles. The van der Waals surface area contributed by atoms with Gasteiger partial charge < -0.3 is 20.1 Å². The number of fused-ring (bicyclic) bond motifs is 7. The van der Waals surface area contributed by atoms with E-state index in [0.717, 1.165) is 28.1 Å². The first-order chi connectivity index (χ1) is 16.2. The minimum atomic E-state index is -0.197. The quantitative estimate of drug-likeness (QED) is 0.429. The van der Waals surface area contributed by atoms with Crippen LogP contribution in [-0.2, 0) is 27.5 Å².